The molecule has 2 rings (SSSR count). The largest absolute Gasteiger partial charge is 0.454 e. The van der Waals surface area contributed by atoms with Gasteiger partial charge in [0.1, 0.15) is 6.54 Å². The predicted octanol–water partition coefficient (Wildman–Crippen LogP) is 1.94. The van der Waals surface area contributed by atoms with Crippen LogP contribution in [-0.4, -0.2) is 43.5 Å². The molecule has 0 aromatic heterocycles. The number of urea groups is 1. The first-order valence-corrected chi connectivity index (χ1v) is 10.2. The van der Waals surface area contributed by atoms with Crippen LogP contribution < -0.4 is 16.0 Å². The van der Waals surface area contributed by atoms with Crippen LogP contribution in [0.4, 0.5) is 4.79 Å². The monoisotopic (exact) mass is 393 g/mol. The fourth-order valence-electron chi connectivity index (χ4n) is 3.54. The van der Waals surface area contributed by atoms with E-state index >= 15 is 0 Å². The number of esters is 1. The average Bonchev–Trinajstić information content (AvgIpc) is 2.72. The Labute approximate surface area is 165 Å². The number of rotatable bonds is 8. The summed E-state index contributed by atoms with van der Waals surface area (Å²) in [6.07, 6.45) is 12.4. The summed E-state index contributed by atoms with van der Waals surface area (Å²) in [5.41, 5.74) is 1.34. The second kappa shape index (κ2) is 12.2. The SMILES string of the molecule is O=C(COC(=O)CNC(=O)C1CCCCC1)NC(=O)NCCC1=CCCCC1. The number of nitrogens with one attached hydrogen (secondary N) is 3. The molecule has 0 bridgehead atoms. The molecule has 0 aromatic carbocycles. The summed E-state index contributed by atoms with van der Waals surface area (Å²) in [6.45, 7) is -0.376. The molecule has 8 heteroatoms. The highest BCUT2D eigenvalue weighted by Gasteiger charge is 2.21. The van der Waals surface area contributed by atoms with Crippen molar-refractivity contribution in [1.29, 1.82) is 0 Å². The molecule has 4 amide bonds. The smallest absolute Gasteiger partial charge is 0.325 e. The molecule has 1 saturated carbocycles. The minimum atomic E-state index is -0.707. The van der Waals surface area contributed by atoms with E-state index in [2.05, 4.69) is 22.0 Å². The van der Waals surface area contributed by atoms with Crippen LogP contribution in [0.25, 0.3) is 0 Å². The van der Waals surface area contributed by atoms with Crippen molar-refractivity contribution in [2.45, 2.75) is 64.2 Å². The lowest BCUT2D eigenvalue weighted by Gasteiger charge is -2.20. The van der Waals surface area contributed by atoms with Gasteiger partial charge in [0, 0.05) is 12.5 Å². The van der Waals surface area contributed by atoms with Crippen LogP contribution in [-0.2, 0) is 19.1 Å². The Balaban J connectivity index is 1.53. The van der Waals surface area contributed by atoms with Crippen molar-refractivity contribution in [3.8, 4) is 0 Å². The van der Waals surface area contributed by atoms with Gasteiger partial charge < -0.3 is 15.4 Å². The van der Waals surface area contributed by atoms with E-state index in [1.807, 2.05) is 0 Å². The van der Waals surface area contributed by atoms with Gasteiger partial charge in [0.25, 0.3) is 5.91 Å². The second-order valence-electron chi connectivity index (χ2n) is 7.38. The molecule has 0 radical (unpaired) electrons. The third kappa shape index (κ3) is 8.54. The molecule has 0 heterocycles. The molecule has 1 fully saturated rings. The summed E-state index contributed by atoms with van der Waals surface area (Å²) in [5, 5.41) is 7.28. The first-order chi connectivity index (χ1) is 13.5. The van der Waals surface area contributed by atoms with E-state index in [1.54, 1.807) is 0 Å². The third-order valence-corrected chi connectivity index (χ3v) is 5.12. The number of imide groups is 1. The molecular weight excluding hydrogens is 362 g/mol. The summed E-state index contributed by atoms with van der Waals surface area (Å²) in [4.78, 5) is 46.9. The molecular formula is C20H31N3O5. The topological polar surface area (TPSA) is 114 Å². The molecule has 2 aliphatic carbocycles. The van der Waals surface area contributed by atoms with Crippen molar-refractivity contribution in [2.75, 3.05) is 19.7 Å². The standard InChI is InChI=1S/C20H31N3O5/c24-17(23-20(27)21-12-11-15-7-3-1-4-8-15)14-28-18(25)13-22-19(26)16-9-5-2-6-10-16/h7,16H,1-6,8-14H2,(H,22,26)(H2,21,23,24,27). The van der Waals surface area contributed by atoms with Crippen molar-refractivity contribution in [3.05, 3.63) is 11.6 Å². The van der Waals surface area contributed by atoms with Gasteiger partial charge in [0.2, 0.25) is 5.91 Å². The number of hydrogen-bond donors (Lipinski definition) is 3. The van der Waals surface area contributed by atoms with E-state index in [4.69, 9.17) is 4.74 Å². The lowest BCUT2D eigenvalue weighted by molar-refractivity contribution is -0.148. The van der Waals surface area contributed by atoms with Crippen molar-refractivity contribution in [3.63, 3.8) is 0 Å². The molecule has 0 saturated heterocycles. The first-order valence-electron chi connectivity index (χ1n) is 10.2. The van der Waals surface area contributed by atoms with Gasteiger partial charge in [-0.1, -0.05) is 30.9 Å². The van der Waals surface area contributed by atoms with Crippen LogP contribution in [0, 0.1) is 5.92 Å². The zero-order valence-corrected chi connectivity index (χ0v) is 16.4. The van der Waals surface area contributed by atoms with Gasteiger partial charge in [0.05, 0.1) is 0 Å². The second-order valence-corrected chi connectivity index (χ2v) is 7.38. The van der Waals surface area contributed by atoms with Gasteiger partial charge in [-0.15, -0.1) is 0 Å². The minimum absolute atomic E-state index is 0.0436. The van der Waals surface area contributed by atoms with Crippen LogP contribution in [0.1, 0.15) is 64.2 Å². The Bertz CT molecular complexity index is 597. The molecule has 0 atom stereocenters. The molecule has 156 valence electrons. The van der Waals surface area contributed by atoms with Crippen LogP contribution >= 0.6 is 0 Å². The van der Waals surface area contributed by atoms with Gasteiger partial charge in [-0.3, -0.25) is 19.7 Å². The number of ether oxygens (including phenoxy) is 1. The third-order valence-electron chi connectivity index (χ3n) is 5.12. The van der Waals surface area contributed by atoms with E-state index in [0.29, 0.717) is 6.54 Å². The summed E-state index contributed by atoms with van der Waals surface area (Å²) in [6, 6.07) is -0.608. The highest BCUT2D eigenvalue weighted by Crippen LogP contribution is 2.23. The molecule has 0 spiro atoms. The molecule has 0 unspecified atom stereocenters. The van der Waals surface area contributed by atoms with Crippen LogP contribution in [0.2, 0.25) is 0 Å². The van der Waals surface area contributed by atoms with E-state index in [0.717, 1.165) is 51.4 Å². The maximum absolute atomic E-state index is 11.9. The van der Waals surface area contributed by atoms with E-state index in [1.165, 1.54) is 18.4 Å². The van der Waals surface area contributed by atoms with Gasteiger partial charge in [-0.2, -0.15) is 0 Å². The Hall–Kier alpha value is -2.38. The zero-order chi connectivity index (χ0) is 20.2. The average molecular weight is 393 g/mol. The van der Waals surface area contributed by atoms with Crippen LogP contribution in [0.5, 0.6) is 0 Å². The van der Waals surface area contributed by atoms with Crippen molar-refractivity contribution < 1.29 is 23.9 Å². The maximum Gasteiger partial charge on any atom is 0.325 e. The lowest BCUT2D eigenvalue weighted by Crippen LogP contribution is -2.42. The van der Waals surface area contributed by atoms with E-state index in [9.17, 15) is 19.2 Å². The van der Waals surface area contributed by atoms with Crippen LogP contribution in [0.15, 0.2) is 11.6 Å². The van der Waals surface area contributed by atoms with Gasteiger partial charge in [-0.05, 0) is 44.9 Å². The van der Waals surface area contributed by atoms with Crippen molar-refractivity contribution >= 4 is 23.8 Å². The normalized spacial score (nSPS) is 17.2. The highest BCUT2D eigenvalue weighted by atomic mass is 16.5. The van der Waals surface area contributed by atoms with E-state index in [-0.39, 0.29) is 18.4 Å². The minimum Gasteiger partial charge on any atom is -0.454 e. The van der Waals surface area contributed by atoms with Crippen molar-refractivity contribution in [1.82, 2.24) is 16.0 Å². The molecule has 2 aliphatic rings. The maximum atomic E-state index is 11.9. The number of carbonyl (C=O) groups excluding carboxylic acids is 4. The Morgan fingerprint density at radius 1 is 1.00 bits per heavy atom. The first kappa shape index (κ1) is 21.9. The Morgan fingerprint density at radius 3 is 2.50 bits per heavy atom. The van der Waals surface area contributed by atoms with Crippen molar-refractivity contribution in [2.24, 2.45) is 5.92 Å². The summed E-state index contributed by atoms with van der Waals surface area (Å²) < 4.78 is 4.79. The predicted molar refractivity (Wildman–Crippen MR) is 103 cm³/mol. The summed E-state index contributed by atoms with van der Waals surface area (Å²) in [5.74, 6) is -1.60. The number of allylic oxidation sites excluding steroid dienone is 1. The Kier molecular flexibility index (Phi) is 9.51. The fraction of sp³-hybridized carbons (Fsp3) is 0.700. The summed E-state index contributed by atoms with van der Waals surface area (Å²) >= 11 is 0. The fourth-order valence-corrected chi connectivity index (χ4v) is 3.54. The Morgan fingerprint density at radius 2 is 1.79 bits per heavy atom. The molecule has 0 aliphatic heterocycles. The summed E-state index contributed by atoms with van der Waals surface area (Å²) in [7, 11) is 0. The van der Waals surface area contributed by atoms with Gasteiger partial charge >= 0.3 is 12.0 Å². The van der Waals surface area contributed by atoms with Crippen LogP contribution in [0.3, 0.4) is 0 Å². The highest BCUT2D eigenvalue weighted by molar-refractivity contribution is 5.95. The number of carbonyl (C=O) groups is 4. The lowest BCUT2D eigenvalue weighted by atomic mass is 9.89. The van der Waals surface area contributed by atoms with Gasteiger partial charge in [0.15, 0.2) is 6.61 Å². The number of amides is 4. The van der Waals surface area contributed by atoms with E-state index < -0.39 is 24.5 Å². The molecule has 3 N–H and O–H groups in total. The molecule has 0 aromatic rings. The molecule has 28 heavy (non-hydrogen) atoms. The van der Waals surface area contributed by atoms with Gasteiger partial charge in [-0.25, -0.2) is 4.79 Å². The quantitative estimate of drug-likeness (QED) is 0.431. The number of hydrogen-bond acceptors (Lipinski definition) is 5. The molecule has 8 nitrogen and oxygen atoms in total. The zero-order valence-electron chi connectivity index (χ0n) is 16.4.